The van der Waals surface area contributed by atoms with Gasteiger partial charge in [-0.1, -0.05) is 63.1 Å². The van der Waals surface area contributed by atoms with Gasteiger partial charge in [0.1, 0.15) is 0 Å². The molecule has 1 aliphatic heterocycles. The monoisotopic (exact) mass is 299 g/mol. The molecule has 2 aromatic carbocycles. The molecule has 4 heteroatoms. The summed E-state index contributed by atoms with van der Waals surface area (Å²) in [5.74, 6) is -0.411. The van der Waals surface area contributed by atoms with Gasteiger partial charge in [0.2, 0.25) is 0 Å². The van der Waals surface area contributed by atoms with Gasteiger partial charge in [0, 0.05) is 0 Å². The van der Waals surface area contributed by atoms with Crippen LogP contribution in [0.4, 0.5) is 0 Å². The van der Waals surface area contributed by atoms with Crippen molar-refractivity contribution < 1.29 is 14.4 Å². The maximum atomic E-state index is 12.0. The number of carbonyl (C=O) groups excluding carboxylic acids is 2. The molecule has 22 heavy (non-hydrogen) atoms. The molecule has 0 radical (unpaired) electrons. The Morgan fingerprint density at radius 2 is 1.09 bits per heavy atom. The number of benzene rings is 2. The maximum absolute atomic E-state index is 12.0. The van der Waals surface area contributed by atoms with Crippen LogP contribution in [0.15, 0.2) is 54.6 Å². The number of carbonyl (C=O) groups is 2. The summed E-state index contributed by atoms with van der Waals surface area (Å²) in [6, 6.07) is 15.4. The fraction of sp³-hybridized carbons (Fsp3) is 0.222. The molecule has 0 bridgehead atoms. The minimum absolute atomic E-state index is 0.374. The topological polar surface area (TPSA) is 46.6 Å². The molecular formula is C18H21NO3. The first kappa shape index (κ1) is 17.4. The third-order valence-electron chi connectivity index (χ3n) is 2.70. The molecule has 116 valence electrons. The maximum Gasteiger partial charge on any atom is 0.295 e. The van der Waals surface area contributed by atoms with E-state index in [9.17, 15) is 9.59 Å². The van der Waals surface area contributed by atoms with Gasteiger partial charge < -0.3 is 4.84 Å². The van der Waals surface area contributed by atoms with Crippen LogP contribution in [0.2, 0.25) is 0 Å². The zero-order chi connectivity index (χ0) is 16.5. The fourth-order valence-corrected chi connectivity index (χ4v) is 1.84. The van der Waals surface area contributed by atoms with Gasteiger partial charge in [0.05, 0.1) is 11.1 Å². The van der Waals surface area contributed by atoms with E-state index in [1.165, 1.54) is 0 Å². The Morgan fingerprint density at radius 1 is 0.682 bits per heavy atom. The lowest BCUT2D eigenvalue weighted by molar-refractivity contribution is -0.0141. The standard InChI is InChI=1S/C14H9NO3.2C2H6/c16-13-11-8-4-5-9-12(11)14(17)15(13)18-10-6-2-1-3-7-10;2*1-2/h1-9H;2*1-2H3. The Kier molecular flexibility index (Phi) is 6.83. The summed E-state index contributed by atoms with van der Waals surface area (Å²) in [6.45, 7) is 8.00. The van der Waals surface area contributed by atoms with Crippen LogP contribution in [0, 0.1) is 0 Å². The van der Waals surface area contributed by atoms with E-state index in [-0.39, 0.29) is 0 Å². The summed E-state index contributed by atoms with van der Waals surface area (Å²) in [4.78, 5) is 29.3. The molecule has 1 heterocycles. The van der Waals surface area contributed by atoms with E-state index in [1.807, 2.05) is 33.8 Å². The highest BCUT2D eigenvalue weighted by Gasteiger charge is 2.37. The van der Waals surface area contributed by atoms with Crippen LogP contribution in [0.3, 0.4) is 0 Å². The minimum atomic E-state index is -0.431. The fourth-order valence-electron chi connectivity index (χ4n) is 1.84. The van der Waals surface area contributed by atoms with Gasteiger partial charge in [0.15, 0.2) is 5.75 Å². The van der Waals surface area contributed by atoms with E-state index < -0.39 is 11.8 Å². The molecule has 4 nitrogen and oxygen atoms in total. The molecule has 2 aromatic rings. The summed E-state index contributed by atoms with van der Waals surface area (Å²) >= 11 is 0. The highest BCUT2D eigenvalue weighted by molar-refractivity contribution is 6.20. The van der Waals surface area contributed by atoms with Crippen molar-refractivity contribution in [2.45, 2.75) is 27.7 Å². The van der Waals surface area contributed by atoms with Crippen LogP contribution in [-0.4, -0.2) is 16.9 Å². The zero-order valence-corrected chi connectivity index (χ0v) is 13.4. The van der Waals surface area contributed by atoms with E-state index in [0.717, 1.165) is 5.06 Å². The normalized spacial score (nSPS) is 11.7. The van der Waals surface area contributed by atoms with E-state index in [0.29, 0.717) is 16.9 Å². The first-order chi connectivity index (χ1) is 10.8. The third kappa shape index (κ3) is 3.52. The smallest absolute Gasteiger partial charge is 0.295 e. The first-order valence-corrected chi connectivity index (χ1v) is 7.48. The van der Waals surface area contributed by atoms with Crippen molar-refractivity contribution in [3.05, 3.63) is 65.7 Å². The minimum Gasteiger partial charge on any atom is -0.368 e. The molecule has 3 rings (SSSR count). The summed E-state index contributed by atoms with van der Waals surface area (Å²) in [7, 11) is 0. The quantitative estimate of drug-likeness (QED) is 0.775. The number of para-hydroxylation sites is 1. The number of hydroxylamine groups is 2. The Morgan fingerprint density at radius 3 is 1.55 bits per heavy atom. The third-order valence-corrected chi connectivity index (χ3v) is 2.70. The number of amides is 2. The second kappa shape index (κ2) is 8.62. The first-order valence-electron chi connectivity index (χ1n) is 7.48. The predicted octanol–water partition coefficient (Wildman–Crippen LogP) is 4.33. The van der Waals surface area contributed by atoms with Gasteiger partial charge in [-0.05, 0) is 24.3 Å². The van der Waals surface area contributed by atoms with Crippen LogP contribution >= 0.6 is 0 Å². The van der Waals surface area contributed by atoms with Crippen LogP contribution in [-0.2, 0) is 0 Å². The molecule has 0 aliphatic carbocycles. The van der Waals surface area contributed by atoms with Gasteiger partial charge >= 0.3 is 0 Å². The number of hydrogen-bond donors (Lipinski definition) is 0. The van der Waals surface area contributed by atoms with Gasteiger partial charge in [0.25, 0.3) is 11.8 Å². The summed E-state index contributed by atoms with van der Waals surface area (Å²) in [5, 5.41) is 0.792. The van der Waals surface area contributed by atoms with E-state index in [1.54, 1.807) is 48.5 Å². The van der Waals surface area contributed by atoms with Crippen LogP contribution in [0.1, 0.15) is 48.4 Å². The Bertz CT molecular complexity index is 588. The van der Waals surface area contributed by atoms with Crippen molar-refractivity contribution in [2.24, 2.45) is 0 Å². The van der Waals surface area contributed by atoms with Crippen molar-refractivity contribution in [1.29, 1.82) is 0 Å². The number of nitrogens with zero attached hydrogens (tertiary/aromatic N) is 1. The van der Waals surface area contributed by atoms with Crippen LogP contribution < -0.4 is 4.84 Å². The number of rotatable bonds is 2. The van der Waals surface area contributed by atoms with E-state index >= 15 is 0 Å². The average molecular weight is 299 g/mol. The molecule has 0 N–H and O–H groups in total. The molecule has 0 atom stereocenters. The molecule has 0 saturated carbocycles. The van der Waals surface area contributed by atoms with Crippen molar-refractivity contribution in [2.75, 3.05) is 0 Å². The second-order valence-corrected chi connectivity index (χ2v) is 3.85. The second-order valence-electron chi connectivity index (χ2n) is 3.85. The summed E-state index contributed by atoms with van der Waals surface area (Å²) < 4.78 is 0. The average Bonchev–Trinajstić information content (AvgIpc) is 2.85. The molecule has 0 unspecified atom stereocenters. The lowest BCUT2D eigenvalue weighted by Gasteiger charge is -2.13. The predicted molar refractivity (Wildman–Crippen MR) is 86.7 cm³/mol. The van der Waals surface area contributed by atoms with Crippen molar-refractivity contribution in [3.63, 3.8) is 0 Å². The van der Waals surface area contributed by atoms with Crippen LogP contribution in [0.5, 0.6) is 5.75 Å². The van der Waals surface area contributed by atoms with Crippen molar-refractivity contribution in [1.82, 2.24) is 5.06 Å². The largest absolute Gasteiger partial charge is 0.368 e. The molecule has 2 amide bonds. The lowest BCUT2D eigenvalue weighted by Crippen LogP contribution is -2.33. The Balaban J connectivity index is 0.000000561. The number of hydrogen-bond acceptors (Lipinski definition) is 3. The molecule has 0 aromatic heterocycles. The van der Waals surface area contributed by atoms with Gasteiger partial charge in [-0.15, -0.1) is 0 Å². The van der Waals surface area contributed by atoms with Crippen molar-refractivity contribution >= 4 is 11.8 Å². The van der Waals surface area contributed by atoms with E-state index in [4.69, 9.17) is 4.84 Å². The van der Waals surface area contributed by atoms with Crippen LogP contribution in [0.25, 0.3) is 0 Å². The highest BCUT2D eigenvalue weighted by atomic mass is 16.7. The van der Waals surface area contributed by atoms with Gasteiger partial charge in [-0.25, -0.2) is 0 Å². The number of imide groups is 1. The summed E-state index contributed by atoms with van der Waals surface area (Å²) in [5.41, 5.74) is 0.747. The Hall–Kier alpha value is -2.62. The summed E-state index contributed by atoms with van der Waals surface area (Å²) in [6.07, 6.45) is 0. The van der Waals surface area contributed by atoms with Gasteiger partial charge in [-0.2, -0.15) is 0 Å². The molecule has 0 saturated heterocycles. The zero-order valence-electron chi connectivity index (χ0n) is 13.4. The highest BCUT2D eigenvalue weighted by Crippen LogP contribution is 2.24. The van der Waals surface area contributed by atoms with Gasteiger partial charge in [-0.3, -0.25) is 9.59 Å². The Labute approximate surface area is 131 Å². The number of fused-ring (bicyclic) bond motifs is 1. The van der Waals surface area contributed by atoms with E-state index in [2.05, 4.69) is 0 Å². The van der Waals surface area contributed by atoms with Crippen molar-refractivity contribution in [3.8, 4) is 5.75 Å². The molecule has 1 aliphatic rings. The molecule has 0 spiro atoms. The molecular weight excluding hydrogens is 278 g/mol. The SMILES string of the molecule is CC.CC.O=C1c2ccccc2C(=O)N1Oc1ccccc1. The lowest BCUT2D eigenvalue weighted by atomic mass is 10.1. The molecule has 0 fully saturated rings.